The molecule has 7 nitrogen and oxygen atoms in total. The van der Waals surface area contributed by atoms with Crippen molar-refractivity contribution in [2.24, 2.45) is 23.5 Å². The summed E-state index contributed by atoms with van der Waals surface area (Å²) in [5.41, 5.74) is 6.63. The Morgan fingerprint density at radius 2 is 2.00 bits per heavy atom. The number of benzene rings is 1. The molecular formula is C27H33N3O4. The van der Waals surface area contributed by atoms with Crippen LogP contribution in [0.1, 0.15) is 68.3 Å². The van der Waals surface area contributed by atoms with E-state index < -0.39 is 5.91 Å². The number of rotatable bonds is 6. The molecule has 0 unspecified atom stereocenters. The summed E-state index contributed by atoms with van der Waals surface area (Å²) in [6.45, 7) is 4.68. The summed E-state index contributed by atoms with van der Waals surface area (Å²) in [5, 5.41) is 4.44. The van der Waals surface area contributed by atoms with Crippen LogP contribution in [-0.4, -0.2) is 36.6 Å². The van der Waals surface area contributed by atoms with Crippen LogP contribution in [0.5, 0.6) is 11.6 Å². The van der Waals surface area contributed by atoms with Gasteiger partial charge in [0, 0.05) is 29.3 Å². The predicted octanol–water partition coefficient (Wildman–Crippen LogP) is 3.81. The minimum atomic E-state index is -0.572. The van der Waals surface area contributed by atoms with Crippen molar-refractivity contribution in [3.05, 3.63) is 29.5 Å². The van der Waals surface area contributed by atoms with Crippen molar-refractivity contribution in [1.82, 2.24) is 10.3 Å². The van der Waals surface area contributed by atoms with Gasteiger partial charge in [0.1, 0.15) is 12.4 Å². The van der Waals surface area contributed by atoms with E-state index in [-0.39, 0.29) is 23.4 Å². The number of primary amides is 1. The van der Waals surface area contributed by atoms with Gasteiger partial charge in [0.2, 0.25) is 11.8 Å². The quantitative estimate of drug-likeness (QED) is 0.634. The van der Waals surface area contributed by atoms with Crippen molar-refractivity contribution in [1.29, 1.82) is 0 Å². The molecule has 1 saturated heterocycles. The number of aromatic nitrogens is 1. The molecule has 0 radical (unpaired) electrons. The maximum absolute atomic E-state index is 12.1. The van der Waals surface area contributed by atoms with Gasteiger partial charge in [0.25, 0.3) is 5.91 Å². The second-order valence-corrected chi connectivity index (χ2v) is 9.52. The highest BCUT2D eigenvalue weighted by atomic mass is 16.5. The Morgan fingerprint density at radius 3 is 2.68 bits per heavy atom. The Bertz CT molecular complexity index is 1140. The number of fused-ring (bicyclic) bond motifs is 1. The molecule has 2 heterocycles. The van der Waals surface area contributed by atoms with Crippen LogP contribution < -0.4 is 20.5 Å². The molecule has 2 aromatic rings. The summed E-state index contributed by atoms with van der Waals surface area (Å²) in [5.74, 6) is 8.34. The number of hydrogen-bond donors (Lipinski definition) is 2. The van der Waals surface area contributed by atoms with Crippen LogP contribution in [0.3, 0.4) is 0 Å². The van der Waals surface area contributed by atoms with Gasteiger partial charge >= 0.3 is 0 Å². The SMILES string of the molecule is CC[C@@H]1CC(=O)N[C@@H]1COc1ncc(C#C[C@H]2CC[C@H](C)CC2)c2cc(C(N)=O)c(OC)cc12. The molecule has 1 aliphatic carbocycles. The second-order valence-electron chi connectivity index (χ2n) is 9.52. The molecule has 3 N–H and O–H groups in total. The standard InChI is InChI=1S/C27H33N3O4/c1-4-18-11-25(31)30-23(18)15-34-27-21-13-24(33-3)22(26(28)32)12-20(21)19(14-29-27)10-9-17-7-5-16(2)6-8-17/h12-14,16-18,23H,4-8,11,15H2,1-3H3,(H2,28,32)(H,30,31)/t16-,17-,18-,23-/m1/s1. The number of amides is 2. The highest BCUT2D eigenvalue weighted by Gasteiger charge is 2.31. The average molecular weight is 464 g/mol. The fourth-order valence-electron chi connectivity index (χ4n) is 4.94. The first-order chi connectivity index (χ1) is 16.4. The minimum absolute atomic E-state index is 0.0498. The summed E-state index contributed by atoms with van der Waals surface area (Å²) in [6, 6.07) is 3.38. The summed E-state index contributed by atoms with van der Waals surface area (Å²) in [6.07, 6.45) is 7.71. The van der Waals surface area contributed by atoms with Crippen LogP contribution >= 0.6 is 0 Å². The molecule has 2 atom stereocenters. The van der Waals surface area contributed by atoms with Gasteiger partial charge in [-0.05, 0) is 49.7 Å². The van der Waals surface area contributed by atoms with Crippen molar-refractivity contribution >= 4 is 22.6 Å². The lowest BCUT2D eigenvalue weighted by Crippen LogP contribution is -2.34. The van der Waals surface area contributed by atoms with Crippen LogP contribution in [0.15, 0.2) is 18.3 Å². The maximum atomic E-state index is 12.1. The molecule has 7 heteroatoms. The van der Waals surface area contributed by atoms with E-state index in [1.807, 2.05) is 0 Å². The fraction of sp³-hybridized carbons (Fsp3) is 0.519. The molecule has 0 bridgehead atoms. The van der Waals surface area contributed by atoms with E-state index in [2.05, 4.69) is 36.0 Å². The Hall–Kier alpha value is -3.27. The summed E-state index contributed by atoms with van der Waals surface area (Å²) < 4.78 is 11.5. The van der Waals surface area contributed by atoms with E-state index in [0.717, 1.165) is 36.1 Å². The third-order valence-corrected chi connectivity index (χ3v) is 7.15. The van der Waals surface area contributed by atoms with Crippen LogP contribution in [0.25, 0.3) is 10.8 Å². The van der Waals surface area contributed by atoms with Gasteiger partial charge < -0.3 is 20.5 Å². The van der Waals surface area contributed by atoms with E-state index in [1.54, 1.807) is 18.3 Å². The van der Waals surface area contributed by atoms with Crippen molar-refractivity contribution in [3.63, 3.8) is 0 Å². The molecular weight excluding hydrogens is 430 g/mol. The third kappa shape index (κ3) is 5.11. The van der Waals surface area contributed by atoms with Crippen LogP contribution in [-0.2, 0) is 4.79 Å². The van der Waals surface area contributed by atoms with Crippen LogP contribution in [0, 0.1) is 29.6 Å². The summed E-state index contributed by atoms with van der Waals surface area (Å²) >= 11 is 0. The highest BCUT2D eigenvalue weighted by molar-refractivity contribution is 6.03. The molecule has 34 heavy (non-hydrogen) atoms. The average Bonchev–Trinajstić information content (AvgIpc) is 3.21. The predicted molar refractivity (Wildman–Crippen MR) is 131 cm³/mol. The van der Waals surface area contributed by atoms with Crippen LogP contribution in [0.4, 0.5) is 0 Å². The molecule has 2 fully saturated rings. The molecule has 2 amide bonds. The molecule has 4 rings (SSSR count). The number of hydrogen-bond acceptors (Lipinski definition) is 5. The maximum Gasteiger partial charge on any atom is 0.252 e. The van der Waals surface area contributed by atoms with E-state index in [9.17, 15) is 9.59 Å². The normalized spacial score (nSPS) is 24.3. The lowest BCUT2D eigenvalue weighted by atomic mass is 9.83. The summed E-state index contributed by atoms with van der Waals surface area (Å²) in [7, 11) is 1.50. The molecule has 2 aliphatic rings. The third-order valence-electron chi connectivity index (χ3n) is 7.15. The molecule has 180 valence electrons. The number of carbonyl (C=O) groups excluding carboxylic acids is 2. The minimum Gasteiger partial charge on any atom is -0.496 e. The van der Waals surface area contributed by atoms with Crippen molar-refractivity contribution in [3.8, 4) is 23.5 Å². The molecule has 1 saturated carbocycles. The smallest absolute Gasteiger partial charge is 0.252 e. The monoisotopic (exact) mass is 463 g/mol. The number of nitrogens with one attached hydrogen (secondary N) is 1. The van der Waals surface area contributed by atoms with E-state index in [1.165, 1.54) is 20.0 Å². The number of ether oxygens (including phenoxy) is 2. The molecule has 1 aromatic carbocycles. The fourth-order valence-corrected chi connectivity index (χ4v) is 4.94. The van der Waals surface area contributed by atoms with Gasteiger partial charge in [-0.1, -0.05) is 32.1 Å². The van der Waals surface area contributed by atoms with E-state index in [0.29, 0.717) is 36.0 Å². The lowest BCUT2D eigenvalue weighted by molar-refractivity contribution is -0.119. The van der Waals surface area contributed by atoms with Gasteiger partial charge in [-0.2, -0.15) is 0 Å². The van der Waals surface area contributed by atoms with Gasteiger partial charge in [-0.3, -0.25) is 9.59 Å². The first kappa shape index (κ1) is 23.9. The second kappa shape index (κ2) is 10.3. The zero-order chi connectivity index (χ0) is 24.2. The number of nitrogens with zero attached hydrogens (tertiary/aromatic N) is 1. The van der Waals surface area contributed by atoms with Crippen LogP contribution in [0.2, 0.25) is 0 Å². The number of pyridine rings is 1. The number of carbonyl (C=O) groups is 2. The number of methoxy groups -OCH3 is 1. The first-order valence-electron chi connectivity index (χ1n) is 12.1. The summed E-state index contributed by atoms with van der Waals surface area (Å²) in [4.78, 5) is 28.5. The Balaban J connectivity index is 1.69. The molecule has 1 aliphatic heterocycles. The highest BCUT2D eigenvalue weighted by Crippen LogP contribution is 2.34. The van der Waals surface area contributed by atoms with Gasteiger partial charge in [0.05, 0.1) is 24.3 Å². The molecule has 0 spiro atoms. The largest absolute Gasteiger partial charge is 0.496 e. The van der Waals surface area contributed by atoms with Crippen molar-refractivity contribution in [2.75, 3.05) is 13.7 Å². The topological polar surface area (TPSA) is 104 Å². The Morgan fingerprint density at radius 1 is 1.24 bits per heavy atom. The van der Waals surface area contributed by atoms with E-state index in [4.69, 9.17) is 15.2 Å². The molecule has 1 aromatic heterocycles. The van der Waals surface area contributed by atoms with E-state index >= 15 is 0 Å². The lowest BCUT2D eigenvalue weighted by Gasteiger charge is -2.22. The van der Waals surface area contributed by atoms with Gasteiger partial charge in [-0.25, -0.2) is 4.98 Å². The first-order valence-corrected chi connectivity index (χ1v) is 12.1. The zero-order valence-corrected chi connectivity index (χ0v) is 20.1. The Labute approximate surface area is 200 Å². The van der Waals surface area contributed by atoms with Crippen molar-refractivity contribution in [2.45, 2.75) is 58.4 Å². The zero-order valence-electron chi connectivity index (χ0n) is 20.1. The van der Waals surface area contributed by atoms with Crippen molar-refractivity contribution < 1.29 is 19.1 Å². The van der Waals surface area contributed by atoms with Gasteiger partial charge in [0.15, 0.2) is 0 Å². The van der Waals surface area contributed by atoms with Gasteiger partial charge in [-0.15, -0.1) is 0 Å². The Kier molecular flexibility index (Phi) is 7.26. The number of nitrogens with two attached hydrogens (primary N) is 1.